The zero-order chi connectivity index (χ0) is 21.6. The van der Waals surface area contributed by atoms with Crippen LogP contribution in [0.1, 0.15) is 13.8 Å². The Morgan fingerprint density at radius 1 is 0.929 bits per heavy atom. The van der Waals surface area contributed by atoms with Gasteiger partial charge in [0.25, 0.3) is 0 Å². The lowest BCUT2D eigenvalue weighted by Crippen LogP contribution is -2.21. The summed E-state index contributed by atoms with van der Waals surface area (Å²) in [6, 6.07) is 0. The topological polar surface area (TPSA) is 124 Å². The van der Waals surface area contributed by atoms with Crippen molar-refractivity contribution in [2.75, 3.05) is 33.0 Å². The molecule has 0 aromatic heterocycles. The number of esters is 3. The normalized spacial score (nSPS) is 11.8. The predicted molar refractivity (Wildman–Crippen MR) is 98.1 cm³/mol. The number of phosphoric ester groups is 1. The van der Waals surface area contributed by atoms with Crippen LogP contribution in [0.15, 0.2) is 37.5 Å². The van der Waals surface area contributed by atoms with E-state index in [0.29, 0.717) is 0 Å². The van der Waals surface area contributed by atoms with E-state index in [1.54, 1.807) is 0 Å². The number of rotatable bonds is 15. The van der Waals surface area contributed by atoms with Gasteiger partial charge in [0.15, 0.2) is 0 Å². The average Bonchev–Trinajstić information content (AvgIpc) is 2.66. The Bertz CT molecular complexity index is 595. The van der Waals surface area contributed by atoms with E-state index in [2.05, 4.69) is 29.2 Å². The van der Waals surface area contributed by atoms with Gasteiger partial charge >= 0.3 is 25.7 Å². The van der Waals surface area contributed by atoms with E-state index < -0.39 is 31.8 Å². The zero-order valence-corrected chi connectivity index (χ0v) is 16.8. The van der Waals surface area contributed by atoms with Crippen molar-refractivity contribution in [2.45, 2.75) is 20.0 Å². The van der Waals surface area contributed by atoms with Crippen molar-refractivity contribution in [1.29, 1.82) is 0 Å². The molecule has 158 valence electrons. The molecule has 0 spiro atoms. The van der Waals surface area contributed by atoms with Gasteiger partial charge in [0.1, 0.15) is 19.3 Å². The largest absolute Gasteiger partial charge is 0.475 e. The Kier molecular flexibility index (Phi) is 12.7. The summed E-state index contributed by atoms with van der Waals surface area (Å²) in [4.78, 5) is 33.4. The molecule has 0 rings (SSSR count). The minimum absolute atomic E-state index is 0.190. The lowest BCUT2D eigenvalue weighted by molar-refractivity contribution is -0.145. The molecule has 0 saturated heterocycles. The van der Waals surface area contributed by atoms with Crippen molar-refractivity contribution in [3.63, 3.8) is 0 Å². The molecule has 0 radical (unpaired) electrons. The summed E-state index contributed by atoms with van der Waals surface area (Å²) in [5.74, 6) is -2.01. The Labute approximate surface area is 163 Å². The van der Waals surface area contributed by atoms with Crippen molar-refractivity contribution in [2.24, 2.45) is 0 Å². The van der Waals surface area contributed by atoms with Crippen LogP contribution in [0.2, 0.25) is 0 Å². The first-order valence-corrected chi connectivity index (χ1v) is 9.58. The lowest BCUT2D eigenvalue weighted by atomic mass is 10.3. The van der Waals surface area contributed by atoms with Gasteiger partial charge in [0.05, 0.1) is 19.8 Å². The molecule has 0 heterocycles. The van der Waals surface area contributed by atoms with Crippen LogP contribution in [-0.4, -0.2) is 57.0 Å². The van der Waals surface area contributed by atoms with Crippen LogP contribution in [0.3, 0.4) is 0 Å². The molecule has 1 atom stereocenters. The molecule has 1 unspecified atom stereocenters. The molecule has 0 aliphatic carbocycles. The van der Waals surface area contributed by atoms with Gasteiger partial charge in [-0.2, -0.15) is 0 Å². The molecular formula is C17H25O10P. The fourth-order valence-electron chi connectivity index (χ4n) is 1.33. The van der Waals surface area contributed by atoms with Gasteiger partial charge in [-0.05, 0) is 13.8 Å². The van der Waals surface area contributed by atoms with Crippen LogP contribution in [0.25, 0.3) is 0 Å². The first-order valence-electron chi connectivity index (χ1n) is 8.12. The molecular weight excluding hydrogens is 395 g/mol. The molecule has 0 N–H and O–H groups in total. The minimum Gasteiger partial charge on any atom is -0.460 e. The maximum atomic E-state index is 12.6. The Morgan fingerprint density at radius 2 is 1.39 bits per heavy atom. The van der Waals surface area contributed by atoms with Crippen LogP contribution >= 0.6 is 7.82 Å². The third-order valence-corrected chi connectivity index (χ3v) is 4.07. The maximum absolute atomic E-state index is 12.6. The molecule has 0 aliphatic heterocycles. The Balaban J connectivity index is 4.64. The van der Waals surface area contributed by atoms with Gasteiger partial charge in [-0.1, -0.05) is 19.7 Å². The van der Waals surface area contributed by atoms with Crippen LogP contribution in [-0.2, 0) is 46.7 Å². The van der Waals surface area contributed by atoms with E-state index in [9.17, 15) is 18.9 Å². The second-order valence-electron chi connectivity index (χ2n) is 5.15. The Hall–Kier alpha value is -2.26. The fraction of sp³-hybridized carbons (Fsp3) is 0.471. The van der Waals surface area contributed by atoms with Crippen molar-refractivity contribution in [1.82, 2.24) is 0 Å². The van der Waals surface area contributed by atoms with Crippen LogP contribution in [0.5, 0.6) is 0 Å². The van der Waals surface area contributed by atoms with E-state index in [1.807, 2.05) is 0 Å². The highest BCUT2D eigenvalue weighted by Crippen LogP contribution is 2.49. The number of phosphoric acid groups is 1. The maximum Gasteiger partial charge on any atom is 0.475 e. The zero-order valence-electron chi connectivity index (χ0n) is 15.9. The molecule has 0 aromatic carbocycles. The fourth-order valence-corrected chi connectivity index (χ4v) is 2.54. The lowest BCUT2D eigenvalue weighted by Gasteiger charge is -2.20. The van der Waals surface area contributed by atoms with Gasteiger partial charge < -0.3 is 14.2 Å². The van der Waals surface area contributed by atoms with E-state index >= 15 is 0 Å². The number of carbonyl (C=O) groups is 3. The number of carbonyl (C=O) groups excluding carboxylic acids is 3. The first kappa shape index (κ1) is 25.7. The highest BCUT2D eigenvalue weighted by molar-refractivity contribution is 7.48. The van der Waals surface area contributed by atoms with Gasteiger partial charge in [0.2, 0.25) is 0 Å². The molecule has 0 aromatic rings. The van der Waals surface area contributed by atoms with Crippen LogP contribution < -0.4 is 0 Å². The van der Waals surface area contributed by atoms with E-state index in [0.717, 1.165) is 12.2 Å². The van der Waals surface area contributed by atoms with Crippen molar-refractivity contribution in [3.8, 4) is 0 Å². The highest BCUT2D eigenvalue weighted by Gasteiger charge is 2.28. The van der Waals surface area contributed by atoms with Crippen LogP contribution in [0.4, 0.5) is 0 Å². The van der Waals surface area contributed by atoms with Crippen molar-refractivity contribution in [3.05, 3.63) is 37.5 Å². The molecule has 11 heteroatoms. The second-order valence-corrected chi connectivity index (χ2v) is 6.82. The number of ether oxygens (including phenoxy) is 3. The highest BCUT2D eigenvalue weighted by atomic mass is 31.2. The van der Waals surface area contributed by atoms with Gasteiger partial charge in [-0.15, -0.1) is 0 Å². The summed E-state index contributed by atoms with van der Waals surface area (Å²) in [6.07, 6.45) is 1.14. The molecule has 0 saturated carbocycles. The van der Waals surface area contributed by atoms with Crippen LogP contribution in [0, 0.1) is 0 Å². The molecule has 0 aliphatic rings. The smallest absolute Gasteiger partial charge is 0.460 e. The third-order valence-electron chi connectivity index (χ3n) is 2.61. The first-order chi connectivity index (χ1) is 13.1. The summed E-state index contributed by atoms with van der Waals surface area (Å²) >= 11 is 0. The molecule has 0 bridgehead atoms. The van der Waals surface area contributed by atoms with Gasteiger partial charge in [-0.25, -0.2) is 18.9 Å². The Morgan fingerprint density at radius 3 is 1.79 bits per heavy atom. The standard InChI is InChI=1S/C17H25O10P/c1-6-15(18)22-8-10-24-28(21,25-11-9-23-16(19)7-2)26-12-14(5)27-17(20)13(3)4/h6-7,14H,1-3,8-12H2,4-5H3. The monoisotopic (exact) mass is 420 g/mol. The average molecular weight is 420 g/mol. The molecule has 28 heavy (non-hydrogen) atoms. The minimum atomic E-state index is -4.13. The molecule has 0 amide bonds. The SMILES string of the molecule is C=CC(=O)OCCOP(=O)(OCCOC(=O)C=C)OCC(C)OC(=O)C(=C)C. The quantitative estimate of drug-likeness (QED) is 0.128. The summed E-state index contributed by atoms with van der Waals surface area (Å²) in [7, 11) is -4.13. The van der Waals surface area contributed by atoms with E-state index in [1.165, 1.54) is 13.8 Å². The number of hydrogen-bond acceptors (Lipinski definition) is 10. The predicted octanol–water partition coefficient (Wildman–Crippen LogP) is 2.11. The third kappa shape index (κ3) is 12.2. The second kappa shape index (κ2) is 13.8. The summed E-state index contributed by atoms with van der Waals surface area (Å²) in [5.41, 5.74) is 0.190. The van der Waals surface area contributed by atoms with Crippen molar-refractivity contribution < 1.29 is 46.7 Å². The van der Waals surface area contributed by atoms with Gasteiger partial charge in [-0.3, -0.25) is 13.6 Å². The van der Waals surface area contributed by atoms with E-state index in [-0.39, 0.29) is 38.6 Å². The summed E-state index contributed by atoms with van der Waals surface area (Å²) < 4.78 is 42.2. The number of hydrogen-bond donors (Lipinski definition) is 0. The summed E-state index contributed by atoms with van der Waals surface area (Å²) in [6.45, 7) is 11.5. The van der Waals surface area contributed by atoms with E-state index in [4.69, 9.17) is 18.3 Å². The molecule has 0 fully saturated rings. The molecule has 10 nitrogen and oxygen atoms in total. The summed E-state index contributed by atoms with van der Waals surface area (Å²) in [5, 5.41) is 0. The van der Waals surface area contributed by atoms with Gasteiger partial charge in [0, 0.05) is 17.7 Å². The van der Waals surface area contributed by atoms with Crippen molar-refractivity contribution >= 4 is 25.7 Å².